The molecule has 3 heterocycles. The van der Waals surface area contributed by atoms with E-state index in [-0.39, 0.29) is 11.3 Å². The van der Waals surface area contributed by atoms with Crippen LogP contribution in [-0.4, -0.2) is 28.6 Å². The lowest BCUT2D eigenvalue weighted by atomic mass is 10.1. The third-order valence-corrected chi connectivity index (χ3v) is 5.22. The van der Waals surface area contributed by atoms with Gasteiger partial charge in [0.05, 0.1) is 22.9 Å². The maximum atomic E-state index is 12.9. The van der Waals surface area contributed by atoms with Gasteiger partial charge in [0, 0.05) is 5.69 Å². The minimum atomic E-state index is -0.693. The average molecular weight is 453 g/mol. The zero-order valence-corrected chi connectivity index (χ0v) is 18.1. The summed E-state index contributed by atoms with van der Waals surface area (Å²) in [6, 6.07) is 22.3. The van der Waals surface area contributed by atoms with Gasteiger partial charge in [-0.05, 0) is 48.4 Å². The lowest BCUT2D eigenvalue weighted by Crippen LogP contribution is -2.21. The van der Waals surface area contributed by atoms with Crippen LogP contribution in [0.4, 0.5) is 5.69 Å². The van der Waals surface area contributed by atoms with Crippen LogP contribution in [0, 0.1) is 6.92 Å². The van der Waals surface area contributed by atoms with Crippen LogP contribution >= 0.6 is 0 Å². The number of pyridine rings is 1. The highest BCUT2D eigenvalue weighted by Gasteiger charge is 2.22. The fourth-order valence-corrected chi connectivity index (χ4v) is 3.59. The molecule has 0 atom stereocenters. The Balaban J connectivity index is 1.28. The molecule has 0 bridgehead atoms. The predicted molar refractivity (Wildman–Crippen MR) is 125 cm³/mol. The van der Waals surface area contributed by atoms with Gasteiger partial charge in [-0.3, -0.25) is 4.79 Å². The van der Waals surface area contributed by atoms with E-state index < -0.39 is 18.5 Å². The van der Waals surface area contributed by atoms with Crippen LogP contribution in [0.2, 0.25) is 0 Å². The molecule has 0 saturated heterocycles. The van der Waals surface area contributed by atoms with Crippen molar-refractivity contribution in [3.63, 3.8) is 0 Å². The van der Waals surface area contributed by atoms with Crippen LogP contribution in [-0.2, 0) is 9.53 Å². The molecule has 8 heteroatoms. The number of aryl methyl sites for hydroxylation is 1. The van der Waals surface area contributed by atoms with Gasteiger partial charge in [-0.1, -0.05) is 47.6 Å². The van der Waals surface area contributed by atoms with E-state index in [1.54, 1.807) is 31.2 Å². The molecule has 0 aliphatic carbocycles. The fourth-order valence-electron chi connectivity index (χ4n) is 3.59. The molecule has 0 aliphatic heterocycles. The van der Waals surface area contributed by atoms with Crippen molar-refractivity contribution in [2.45, 2.75) is 6.92 Å². The number of hydrogen-bond acceptors (Lipinski definition) is 7. The molecule has 1 amide bonds. The molecule has 2 aromatic carbocycles. The molecule has 0 saturated carbocycles. The van der Waals surface area contributed by atoms with Gasteiger partial charge in [0.25, 0.3) is 11.6 Å². The Morgan fingerprint density at radius 2 is 1.74 bits per heavy atom. The number of amides is 1. The molecule has 3 aromatic heterocycles. The molecule has 5 aromatic rings. The summed E-state index contributed by atoms with van der Waals surface area (Å²) in [5, 5.41) is 7.04. The molecule has 0 radical (unpaired) electrons. The van der Waals surface area contributed by atoms with Crippen LogP contribution in [0.25, 0.3) is 33.7 Å². The van der Waals surface area contributed by atoms with E-state index in [0.29, 0.717) is 28.2 Å². The summed E-state index contributed by atoms with van der Waals surface area (Å²) < 4.78 is 15.9. The molecular weight excluding hydrogens is 434 g/mol. The third-order valence-electron chi connectivity index (χ3n) is 5.22. The molecule has 8 nitrogen and oxygen atoms in total. The number of rotatable bonds is 6. The number of furan rings is 1. The summed E-state index contributed by atoms with van der Waals surface area (Å²) in [5.41, 5.74) is 3.96. The first-order chi connectivity index (χ1) is 16.6. The molecule has 168 valence electrons. The van der Waals surface area contributed by atoms with Gasteiger partial charge >= 0.3 is 5.97 Å². The van der Waals surface area contributed by atoms with Crippen LogP contribution < -0.4 is 5.32 Å². The molecule has 5 rings (SSSR count). The highest BCUT2D eigenvalue weighted by atomic mass is 16.5. The van der Waals surface area contributed by atoms with Gasteiger partial charge in [-0.2, -0.15) is 0 Å². The van der Waals surface area contributed by atoms with Gasteiger partial charge in [0.2, 0.25) is 0 Å². The highest BCUT2D eigenvalue weighted by molar-refractivity contribution is 6.05. The van der Waals surface area contributed by atoms with Crippen molar-refractivity contribution in [3.05, 3.63) is 90.3 Å². The number of benzene rings is 2. The topological polar surface area (TPSA) is 107 Å². The summed E-state index contributed by atoms with van der Waals surface area (Å²) >= 11 is 0. The SMILES string of the molecule is Cc1noc2nc(-c3ccco3)cc(C(=O)OCC(=O)Nc3ccc(-c4ccccc4)cc3)c12. The molecule has 34 heavy (non-hydrogen) atoms. The second-order valence-electron chi connectivity index (χ2n) is 7.55. The van der Waals surface area contributed by atoms with Crippen molar-refractivity contribution in [1.29, 1.82) is 0 Å². The van der Waals surface area contributed by atoms with Crippen molar-refractivity contribution in [3.8, 4) is 22.6 Å². The molecule has 1 N–H and O–H groups in total. The molecule has 0 fully saturated rings. The first-order valence-corrected chi connectivity index (χ1v) is 10.5. The largest absolute Gasteiger partial charge is 0.463 e. The summed E-state index contributed by atoms with van der Waals surface area (Å²) in [6.45, 7) is 1.24. The lowest BCUT2D eigenvalue weighted by Gasteiger charge is -2.09. The first-order valence-electron chi connectivity index (χ1n) is 10.5. The Labute approximate surface area is 194 Å². The fraction of sp³-hybridized carbons (Fsp3) is 0.0769. The van der Waals surface area contributed by atoms with Gasteiger partial charge < -0.3 is 19.0 Å². The maximum Gasteiger partial charge on any atom is 0.339 e. The van der Waals surface area contributed by atoms with Crippen LogP contribution in [0.5, 0.6) is 0 Å². The molecule has 0 spiro atoms. The molecular formula is C26H19N3O5. The van der Waals surface area contributed by atoms with Crippen LogP contribution in [0.15, 0.2) is 88.0 Å². The number of aromatic nitrogens is 2. The normalized spacial score (nSPS) is 10.9. The lowest BCUT2D eigenvalue weighted by molar-refractivity contribution is -0.119. The Morgan fingerprint density at radius 3 is 2.47 bits per heavy atom. The Kier molecular flexibility index (Phi) is 5.61. The Bertz CT molecular complexity index is 1460. The second-order valence-corrected chi connectivity index (χ2v) is 7.55. The van der Waals surface area contributed by atoms with E-state index in [4.69, 9.17) is 13.7 Å². The van der Waals surface area contributed by atoms with E-state index in [9.17, 15) is 9.59 Å². The molecule has 0 unspecified atom stereocenters. The average Bonchev–Trinajstić information content (AvgIpc) is 3.53. The zero-order valence-electron chi connectivity index (χ0n) is 18.1. The maximum absolute atomic E-state index is 12.9. The summed E-state index contributed by atoms with van der Waals surface area (Å²) in [6.07, 6.45) is 1.50. The minimum absolute atomic E-state index is 0.182. The number of carbonyl (C=O) groups is 2. The van der Waals surface area contributed by atoms with Crippen molar-refractivity contribution >= 4 is 28.7 Å². The van der Waals surface area contributed by atoms with E-state index in [1.807, 2.05) is 42.5 Å². The third kappa shape index (κ3) is 4.29. The predicted octanol–water partition coefficient (Wildman–Crippen LogP) is 5.25. The minimum Gasteiger partial charge on any atom is -0.463 e. The molecule has 0 aliphatic rings. The number of carbonyl (C=O) groups excluding carboxylic acids is 2. The number of fused-ring (bicyclic) bond motifs is 1. The van der Waals surface area contributed by atoms with E-state index >= 15 is 0 Å². The first kappa shape index (κ1) is 21.1. The summed E-state index contributed by atoms with van der Waals surface area (Å²) in [7, 11) is 0. The second kappa shape index (κ2) is 9.03. The zero-order chi connectivity index (χ0) is 23.5. The number of anilines is 1. The summed E-state index contributed by atoms with van der Waals surface area (Å²) in [4.78, 5) is 29.6. The highest BCUT2D eigenvalue weighted by Crippen LogP contribution is 2.28. The number of hydrogen-bond donors (Lipinski definition) is 1. The van der Waals surface area contributed by atoms with Gasteiger partial charge in [0.1, 0.15) is 5.69 Å². The quantitative estimate of drug-likeness (QED) is 0.350. The van der Waals surface area contributed by atoms with Crippen molar-refractivity contribution in [1.82, 2.24) is 10.1 Å². The van der Waals surface area contributed by atoms with E-state index in [0.717, 1.165) is 11.1 Å². The Hall–Kier alpha value is -4.72. The van der Waals surface area contributed by atoms with Gasteiger partial charge in [-0.15, -0.1) is 0 Å². The monoisotopic (exact) mass is 453 g/mol. The number of nitrogens with one attached hydrogen (secondary N) is 1. The number of nitrogens with zero attached hydrogens (tertiary/aromatic N) is 2. The Morgan fingerprint density at radius 1 is 0.971 bits per heavy atom. The standard InChI is InChI=1S/C26H19N3O5/c1-16-24-20(14-21(22-8-5-13-32-22)28-25(24)34-29-16)26(31)33-15-23(30)27-19-11-9-18(10-12-19)17-6-3-2-4-7-17/h2-14H,15H2,1H3,(H,27,30). The van der Waals surface area contributed by atoms with Gasteiger partial charge in [0.15, 0.2) is 12.4 Å². The van der Waals surface area contributed by atoms with Gasteiger partial charge in [-0.25, -0.2) is 9.78 Å². The van der Waals surface area contributed by atoms with E-state index in [1.165, 1.54) is 12.3 Å². The van der Waals surface area contributed by atoms with E-state index in [2.05, 4.69) is 15.5 Å². The van der Waals surface area contributed by atoms with Crippen molar-refractivity contribution in [2.24, 2.45) is 0 Å². The number of esters is 1. The number of ether oxygens (including phenoxy) is 1. The smallest absolute Gasteiger partial charge is 0.339 e. The van der Waals surface area contributed by atoms with Crippen molar-refractivity contribution in [2.75, 3.05) is 11.9 Å². The van der Waals surface area contributed by atoms with Crippen LogP contribution in [0.1, 0.15) is 16.1 Å². The van der Waals surface area contributed by atoms with Crippen LogP contribution in [0.3, 0.4) is 0 Å². The van der Waals surface area contributed by atoms with Crippen molar-refractivity contribution < 1.29 is 23.3 Å². The summed E-state index contributed by atoms with van der Waals surface area (Å²) in [5.74, 6) is -0.692.